The molecular weight excluding hydrogens is 192 g/mol. The number of nitrogens with zero attached hydrogens (tertiary/aromatic N) is 2. The van der Waals surface area contributed by atoms with Gasteiger partial charge in [-0.15, -0.1) is 11.8 Å². The number of fused-ring (bicyclic) bond motifs is 2. The van der Waals surface area contributed by atoms with E-state index in [1.54, 1.807) is 6.34 Å². The van der Waals surface area contributed by atoms with E-state index in [1.807, 2.05) is 18.0 Å². The van der Waals surface area contributed by atoms with E-state index < -0.39 is 0 Å². The highest BCUT2D eigenvalue weighted by Crippen LogP contribution is 2.42. The summed E-state index contributed by atoms with van der Waals surface area (Å²) in [5.74, 6) is 0. The zero-order chi connectivity index (χ0) is 9.38. The van der Waals surface area contributed by atoms with Gasteiger partial charge in [0, 0.05) is 6.21 Å². The number of aliphatic imine (C=N–C) groups is 2. The molecule has 0 aromatic heterocycles. The lowest BCUT2D eigenvalue weighted by molar-refractivity contribution is 0.854. The van der Waals surface area contributed by atoms with Crippen molar-refractivity contribution in [1.29, 1.82) is 0 Å². The van der Waals surface area contributed by atoms with Crippen LogP contribution >= 0.6 is 11.8 Å². The van der Waals surface area contributed by atoms with E-state index in [4.69, 9.17) is 0 Å². The number of hydrogen-bond donors (Lipinski definition) is 0. The summed E-state index contributed by atoms with van der Waals surface area (Å²) in [6.07, 6.45) is 13.3. The molecule has 0 spiro atoms. The Balaban J connectivity index is 2.00. The lowest BCUT2D eigenvalue weighted by atomic mass is 10.0. The predicted molar refractivity (Wildman–Crippen MR) is 62.1 cm³/mol. The van der Waals surface area contributed by atoms with Crippen LogP contribution in [0.3, 0.4) is 0 Å². The average Bonchev–Trinajstić information content (AvgIpc) is 2.42. The first-order valence-corrected chi connectivity index (χ1v) is 5.61. The number of allylic oxidation sites excluding steroid dienone is 4. The van der Waals surface area contributed by atoms with E-state index in [0.717, 1.165) is 6.42 Å². The molecular formula is C11H10N2S. The van der Waals surface area contributed by atoms with Gasteiger partial charge in [-0.3, -0.25) is 4.99 Å². The molecule has 0 saturated heterocycles. The van der Waals surface area contributed by atoms with Gasteiger partial charge in [0.25, 0.3) is 0 Å². The second kappa shape index (κ2) is 3.24. The first-order valence-electron chi connectivity index (χ1n) is 4.73. The standard InChI is InChI=1S/C11H10N2S/c1-2-4-8-9(5-3-1)14-10-6-12-7-13-11(8)10/h1-4,6-7,10-11H,5H2. The lowest BCUT2D eigenvalue weighted by Crippen LogP contribution is -2.22. The zero-order valence-corrected chi connectivity index (χ0v) is 8.45. The Morgan fingerprint density at radius 2 is 2.36 bits per heavy atom. The van der Waals surface area contributed by atoms with Crippen LogP contribution in [-0.4, -0.2) is 23.8 Å². The van der Waals surface area contributed by atoms with Crippen molar-refractivity contribution >= 4 is 24.3 Å². The van der Waals surface area contributed by atoms with Crippen LogP contribution in [0.25, 0.3) is 0 Å². The van der Waals surface area contributed by atoms with Gasteiger partial charge < -0.3 is 0 Å². The van der Waals surface area contributed by atoms with Crippen molar-refractivity contribution in [3.63, 3.8) is 0 Å². The molecule has 0 aromatic carbocycles. The van der Waals surface area contributed by atoms with Gasteiger partial charge in [0.15, 0.2) is 0 Å². The molecule has 0 amide bonds. The predicted octanol–water partition coefficient (Wildman–Crippen LogP) is 2.35. The van der Waals surface area contributed by atoms with Crippen molar-refractivity contribution in [2.75, 3.05) is 0 Å². The molecule has 3 rings (SSSR count). The van der Waals surface area contributed by atoms with Gasteiger partial charge in [0.05, 0.1) is 11.3 Å². The summed E-state index contributed by atoms with van der Waals surface area (Å²) in [6.45, 7) is 0. The van der Waals surface area contributed by atoms with Crippen LogP contribution < -0.4 is 0 Å². The van der Waals surface area contributed by atoms with Gasteiger partial charge >= 0.3 is 0 Å². The van der Waals surface area contributed by atoms with Crippen molar-refractivity contribution in [2.24, 2.45) is 9.98 Å². The van der Waals surface area contributed by atoms with Crippen LogP contribution in [0.1, 0.15) is 6.42 Å². The lowest BCUT2D eigenvalue weighted by Gasteiger charge is -2.14. The van der Waals surface area contributed by atoms with Crippen LogP contribution in [0, 0.1) is 0 Å². The van der Waals surface area contributed by atoms with Gasteiger partial charge in [0.1, 0.15) is 6.34 Å². The number of thioether (sulfide) groups is 1. The summed E-state index contributed by atoms with van der Waals surface area (Å²) in [5.41, 5.74) is 1.38. The maximum absolute atomic E-state index is 4.44. The number of hydrogen-bond acceptors (Lipinski definition) is 3. The third kappa shape index (κ3) is 1.20. The molecule has 0 bridgehead atoms. The second-order valence-electron chi connectivity index (χ2n) is 3.46. The summed E-state index contributed by atoms with van der Waals surface area (Å²) in [6, 6.07) is 0.309. The Bertz CT molecular complexity index is 402. The van der Waals surface area contributed by atoms with Crippen molar-refractivity contribution in [3.8, 4) is 0 Å². The molecule has 0 fully saturated rings. The Labute approximate surface area is 87.2 Å². The third-order valence-corrected chi connectivity index (χ3v) is 3.92. The molecule has 0 N–H and O–H groups in total. The molecule has 0 radical (unpaired) electrons. The van der Waals surface area contributed by atoms with Crippen LogP contribution in [0.4, 0.5) is 0 Å². The smallest absolute Gasteiger partial charge is 0.110 e. The zero-order valence-electron chi connectivity index (χ0n) is 7.63. The van der Waals surface area contributed by atoms with Crippen LogP contribution in [0.15, 0.2) is 44.8 Å². The minimum Gasteiger partial charge on any atom is -0.264 e. The molecule has 2 atom stereocenters. The summed E-state index contributed by atoms with van der Waals surface area (Å²) in [5, 5.41) is 0.432. The molecule has 2 aliphatic heterocycles. The van der Waals surface area contributed by atoms with Gasteiger partial charge in [-0.1, -0.05) is 24.3 Å². The average molecular weight is 202 g/mol. The fourth-order valence-corrected chi connectivity index (χ4v) is 3.24. The van der Waals surface area contributed by atoms with E-state index in [-0.39, 0.29) is 0 Å². The Kier molecular flexibility index (Phi) is 1.91. The molecule has 3 heteroatoms. The maximum Gasteiger partial charge on any atom is 0.110 e. The molecule has 3 aliphatic rings. The van der Waals surface area contributed by atoms with Gasteiger partial charge in [-0.05, 0) is 16.9 Å². The van der Waals surface area contributed by atoms with Gasteiger partial charge in [-0.25, -0.2) is 4.99 Å². The van der Waals surface area contributed by atoms with E-state index >= 15 is 0 Å². The van der Waals surface area contributed by atoms with Gasteiger partial charge in [0.2, 0.25) is 0 Å². The van der Waals surface area contributed by atoms with Crippen molar-refractivity contribution in [2.45, 2.75) is 17.7 Å². The van der Waals surface area contributed by atoms with Crippen molar-refractivity contribution in [1.82, 2.24) is 0 Å². The molecule has 2 nitrogen and oxygen atoms in total. The largest absolute Gasteiger partial charge is 0.264 e. The summed E-state index contributed by atoms with van der Waals surface area (Å²) < 4.78 is 0. The van der Waals surface area contributed by atoms with Gasteiger partial charge in [-0.2, -0.15) is 0 Å². The molecule has 0 saturated carbocycles. The Morgan fingerprint density at radius 3 is 3.36 bits per heavy atom. The molecule has 14 heavy (non-hydrogen) atoms. The molecule has 70 valence electrons. The topological polar surface area (TPSA) is 24.7 Å². The highest BCUT2D eigenvalue weighted by Gasteiger charge is 2.33. The Hall–Kier alpha value is -1.09. The molecule has 2 unspecified atom stereocenters. The van der Waals surface area contributed by atoms with E-state index in [1.165, 1.54) is 10.5 Å². The second-order valence-corrected chi connectivity index (χ2v) is 4.73. The van der Waals surface area contributed by atoms with Crippen molar-refractivity contribution in [3.05, 3.63) is 34.8 Å². The fourth-order valence-electron chi connectivity index (χ4n) is 1.92. The van der Waals surface area contributed by atoms with Crippen LogP contribution in [-0.2, 0) is 0 Å². The van der Waals surface area contributed by atoms with E-state index in [0.29, 0.717) is 11.3 Å². The molecule has 0 aromatic rings. The highest BCUT2D eigenvalue weighted by molar-refractivity contribution is 8.04. The quantitative estimate of drug-likeness (QED) is 0.592. The number of rotatable bonds is 0. The Morgan fingerprint density at radius 1 is 1.36 bits per heavy atom. The summed E-state index contributed by atoms with van der Waals surface area (Å²) >= 11 is 1.91. The SMILES string of the molecule is C1=CCC2=C(C=C1)C1N=CN=CC1S2. The monoisotopic (exact) mass is 202 g/mol. The minimum absolute atomic E-state index is 0.309. The van der Waals surface area contributed by atoms with Crippen LogP contribution in [0.2, 0.25) is 0 Å². The minimum atomic E-state index is 0.309. The third-order valence-electron chi connectivity index (χ3n) is 2.58. The van der Waals surface area contributed by atoms with Crippen molar-refractivity contribution < 1.29 is 0 Å². The highest BCUT2D eigenvalue weighted by atomic mass is 32.2. The maximum atomic E-state index is 4.44. The first-order chi connectivity index (χ1) is 6.95. The fraction of sp³-hybridized carbons (Fsp3) is 0.273. The first kappa shape index (κ1) is 8.24. The summed E-state index contributed by atoms with van der Waals surface area (Å²) in [7, 11) is 0. The molecule has 1 aliphatic carbocycles. The summed E-state index contributed by atoms with van der Waals surface area (Å²) in [4.78, 5) is 9.99. The van der Waals surface area contributed by atoms with E-state index in [9.17, 15) is 0 Å². The normalized spacial score (nSPS) is 33.1. The van der Waals surface area contributed by atoms with E-state index in [2.05, 4.69) is 34.3 Å². The molecule has 2 heterocycles. The van der Waals surface area contributed by atoms with Crippen LogP contribution in [0.5, 0.6) is 0 Å².